The maximum absolute atomic E-state index is 13.1. The standard InChI is InChI=1S/C22H33N7O6S/c1-9-16-15(10(2)30)20(33)29(16)17(21(34)35)18(9)36-12-5-13(25-6-12)19(32)28-4-3-11(8-28)27-14(31)7-26-22(23)24/h9-13,15-16,25,30H,3-8H2,1-2H3,(H,27,31)(H,34,35)(H4,23,24,26)/t9?,10?,11?,12?,13?,15?,16-/m0/s1. The van der Waals surface area contributed by atoms with Crippen LogP contribution in [0, 0.1) is 17.2 Å². The summed E-state index contributed by atoms with van der Waals surface area (Å²) in [6.45, 7) is 4.76. The Morgan fingerprint density at radius 2 is 2.08 bits per heavy atom. The van der Waals surface area contributed by atoms with E-state index in [1.807, 2.05) is 6.92 Å². The van der Waals surface area contributed by atoms with Crippen molar-refractivity contribution in [2.45, 2.75) is 56.2 Å². The van der Waals surface area contributed by atoms with Crippen LogP contribution in [0.3, 0.4) is 0 Å². The van der Waals surface area contributed by atoms with Crippen LogP contribution < -0.4 is 21.7 Å². The van der Waals surface area contributed by atoms with Crippen LogP contribution in [0.5, 0.6) is 0 Å². The first kappa shape index (κ1) is 26.2. The van der Waals surface area contributed by atoms with Gasteiger partial charge < -0.3 is 41.7 Å². The van der Waals surface area contributed by atoms with E-state index in [0.717, 1.165) is 0 Å². The van der Waals surface area contributed by atoms with Crippen LogP contribution in [0.2, 0.25) is 0 Å². The number of β-lactam (4-membered cyclic amide) rings is 1. The number of carbonyl (C=O) groups excluding carboxylic acids is 3. The van der Waals surface area contributed by atoms with Gasteiger partial charge in [-0.25, -0.2) is 4.79 Å². The average Bonchev–Trinajstić information content (AvgIpc) is 3.50. The molecule has 4 aliphatic heterocycles. The van der Waals surface area contributed by atoms with Crippen LogP contribution >= 0.6 is 11.8 Å². The van der Waals surface area contributed by atoms with Crippen molar-refractivity contribution in [1.82, 2.24) is 25.8 Å². The monoisotopic (exact) mass is 523 g/mol. The number of rotatable bonds is 8. The van der Waals surface area contributed by atoms with Gasteiger partial charge in [0.2, 0.25) is 17.7 Å². The minimum atomic E-state index is -1.16. The molecular weight excluding hydrogens is 490 g/mol. The molecule has 0 spiro atoms. The Labute approximate surface area is 212 Å². The summed E-state index contributed by atoms with van der Waals surface area (Å²) >= 11 is 1.40. The summed E-state index contributed by atoms with van der Waals surface area (Å²) in [7, 11) is 0. The molecule has 13 nitrogen and oxygen atoms in total. The summed E-state index contributed by atoms with van der Waals surface area (Å²) in [6.07, 6.45) is 0.293. The van der Waals surface area contributed by atoms with Gasteiger partial charge in [-0.05, 0) is 19.8 Å². The Morgan fingerprint density at radius 3 is 2.72 bits per heavy atom. The Hall–Kier alpha value is -2.84. The second kappa shape index (κ2) is 10.3. The minimum absolute atomic E-state index is 0.00781. The second-order valence-electron chi connectivity index (χ2n) is 9.81. The van der Waals surface area contributed by atoms with Gasteiger partial charge in [0, 0.05) is 41.7 Å². The van der Waals surface area contributed by atoms with E-state index in [1.165, 1.54) is 16.7 Å². The number of aliphatic hydroxyl groups excluding tert-OH is 1. The van der Waals surface area contributed by atoms with Gasteiger partial charge in [0.25, 0.3) is 0 Å². The lowest BCUT2D eigenvalue weighted by atomic mass is 9.79. The molecule has 0 aromatic heterocycles. The van der Waals surface area contributed by atoms with E-state index in [-0.39, 0.29) is 59.2 Å². The first-order chi connectivity index (χ1) is 17.0. The average molecular weight is 524 g/mol. The van der Waals surface area contributed by atoms with E-state index < -0.39 is 24.0 Å². The third-order valence-electron chi connectivity index (χ3n) is 7.30. The Balaban J connectivity index is 1.32. The highest BCUT2D eigenvalue weighted by molar-refractivity contribution is 8.03. The fourth-order valence-corrected chi connectivity index (χ4v) is 7.07. The summed E-state index contributed by atoms with van der Waals surface area (Å²) in [5.41, 5.74) is 5.18. The highest BCUT2D eigenvalue weighted by Gasteiger charge is 2.60. The number of carboxylic acid groups (broad SMARTS) is 1. The zero-order valence-corrected chi connectivity index (χ0v) is 21.0. The molecular formula is C22H33N7O6S. The molecule has 7 atom stereocenters. The summed E-state index contributed by atoms with van der Waals surface area (Å²) in [4.78, 5) is 53.2. The molecule has 4 rings (SSSR count). The zero-order valence-electron chi connectivity index (χ0n) is 20.2. The number of nitrogens with one attached hydrogen (secondary N) is 4. The molecule has 0 radical (unpaired) electrons. The molecule has 4 aliphatic rings. The predicted molar refractivity (Wildman–Crippen MR) is 130 cm³/mol. The van der Waals surface area contributed by atoms with E-state index in [9.17, 15) is 29.4 Å². The van der Waals surface area contributed by atoms with Crippen LogP contribution in [-0.2, 0) is 19.2 Å². The van der Waals surface area contributed by atoms with Crippen molar-refractivity contribution in [3.8, 4) is 0 Å². The molecule has 0 aliphatic carbocycles. The number of thioether (sulfide) groups is 1. The number of nitrogens with zero attached hydrogens (tertiary/aromatic N) is 2. The third-order valence-corrected chi connectivity index (χ3v) is 8.81. The number of carboxylic acids is 1. The molecule has 0 aromatic rings. The topological polar surface area (TPSA) is 201 Å². The lowest BCUT2D eigenvalue weighted by Gasteiger charge is -2.46. The minimum Gasteiger partial charge on any atom is -0.477 e. The van der Waals surface area contributed by atoms with Gasteiger partial charge in [0.05, 0.1) is 30.7 Å². The molecule has 6 unspecified atom stereocenters. The largest absolute Gasteiger partial charge is 0.477 e. The summed E-state index contributed by atoms with van der Waals surface area (Å²) in [5.74, 6) is -2.98. The van der Waals surface area contributed by atoms with E-state index in [4.69, 9.17) is 11.1 Å². The number of fused-ring (bicyclic) bond motifs is 1. The number of carbonyl (C=O) groups is 4. The van der Waals surface area contributed by atoms with E-state index in [0.29, 0.717) is 37.4 Å². The smallest absolute Gasteiger partial charge is 0.353 e. The van der Waals surface area contributed by atoms with Crippen LogP contribution in [0.25, 0.3) is 0 Å². The summed E-state index contributed by atoms with van der Waals surface area (Å²) in [6, 6.07) is -0.945. The number of guanidine groups is 1. The Bertz CT molecular complexity index is 1000. The molecule has 4 heterocycles. The number of hydrogen-bond acceptors (Lipinski definition) is 8. The maximum Gasteiger partial charge on any atom is 0.353 e. The fourth-order valence-electron chi connectivity index (χ4n) is 5.59. The van der Waals surface area contributed by atoms with Crippen molar-refractivity contribution >= 4 is 41.4 Å². The number of amides is 3. The van der Waals surface area contributed by atoms with Gasteiger partial charge in [-0.3, -0.25) is 19.8 Å². The van der Waals surface area contributed by atoms with Crippen LogP contribution in [0.1, 0.15) is 26.7 Å². The zero-order chi connectivity index (χ0) is 26.3. The van der Waals surface area contributed by atoms with Crippen molar-refractivity contribution in [3.05, 3.63) is 10.6 Å². The van der Waals surface area contributed by atoms with Gasteiger partial charge in [-0.2, -0.15) is 0 Å². The number of likely N-dealkylation sites (tertiary alicyclic amines) is 1. The molecule has 36 heavy (non-hydrogen) atoms. The van der Waals surface area contributed by atoms with Crippen LogP contribution in [0.15, 0.2) is 10.6 Å². The SMILES string of the molecule is CC(O)C1C(=O)N2C(C(=O)O)=C(SC3CNC(C(=O)N4CCC(NC(=O)CNC(=N)N)C4)C3)C(C)[C@@H]12. The highest BCUT2D eigenvalue weighted by Crippen LogP contribution is 2.51. The van der Waals surface area contributed by atoms with Crippen molar-refractivity contribution < 1.29 is 29.4 Å². The van der Waals surface area contributed by atoms with Crippen molar-refractivity contribution in [3.63, 3.8) is 0 Å². The molecule has 0 aromatic carbocycles. The first-order valence-electron chi connectivity index (χ1n) is 12.0. The molecule has 3 fully saturated rings. The van der Waals surface area contributed by atoms with Gasteiger partial charge in [0.15, 0.2) is 5.96 Å². The van der Waals surface area contributed by atoms with Crippen LogP contribution in [0.4, 0.5) is 0 Å². The van der Waals surface area contributed by atoms with Gasteiger partial charge >= 0.3 is 5.97 Å². The Morgan fingerprint density at radius 1 is 1.36 bits per heavy atom. The van der Waals surface area contributed by atoms with E-state index >= 15 is 0 Å². The third kappa shape index (κ3) is 4.89. The maximum atomic E-state index is 13.1. The normalized spacial score (nSPS) is 32.2. The van der Waals surface area contributed by atoms with Gasteiger partial charge in [0.1, 0.15) is 5.70 Å². The number of aliphatic hydroxyl groups is 1. The summed E-state index contributed by atoms with van der Waals surface area (Å²) in [5, 5.41) is 35.4. The lowest BCUT2D eigenvalue weighted by Crippen LogP contribution is -2.63. The van der Waals surface area contributed by atoms with Crippen molar-refractivity contribution in [1.29, 1.82) is 5.41 Å². The molecule has 3 amide bonds. The Kier molecular flexibility index (Phi) is 7.48. The highest BCUT2D eigenvalue weighted by atomic mass is 32.2. The fraction of sp³-hybridized carbons (Fsp3) is 0.682. The first-order valence-corrected chi connectivity index (χ1v) is 12.9. The molecule has 0 bridgehead atoms. The molecule has 198 valence electrons. The lowest BCUT2D eigenvalue weighted by molar-refractivity contribution is -0.163. The molecule has 14 heteroatoms. The van der Waals surface area contributed by atoms with E-state index in [1.54, 1.807) is 11.8 Å². The molecule has 3 saturated heterocycles. The van der Waals surface area contributed by atoms with Gasteiger partial charge in [-0.15, -0.1) is 11.8 Å². The molecule has 8 N–H and O–H groups in total. The van der Waals surface area contributed by atoms with E-state index in [2.05, 4.69) is 16.0 Å². The molecule has 0 saturated carbocycles. The summed E-state index contributed by atoms with van der Waals surface area (Å²) < 4.78 is 0. The van der Waals surface area contributed by atoms with Crippen molar-refractivity contribution in [2.24, 2.45) is 17.6 Å². The van der Waals surface area contributed by atoms with Gasteiger partial charge in [-0.1, -0.05) is 6.92 Å². The quantitative estimate of drug-likeness (QED) is 0.104. The number of nitrogens with two attached hydrogens (primary N) is 1. The second-order valence-corrected chi connectivity index (χ2v) is 11.2. The number of hydrogen-bond donors (Lipinski definition) is 7. The predicted octanol–water partition coefficient (Wildman–Crippen LogP) is -2.20. The van der Waals surface area contributed by atoms with Crippen molar-refractivity contribution in [2.75, 3.05) is 26.2 Å². The van der Waals surface area contributed by atoms with Crippen LogP contribution in [-0.4, -0.2) is 105 Å². The number of aliphatic carboxylic acids is 1.